The molecule has 0 amide bonds. The Morgan fingerprint density at radius 3 is 2.82 bits per heavy atom. The van der Waals surface area contributed by atoms with Crippen LogP contribution >= 0.6 is 15.9 Å². The van der Waals surface area contributed by atoms with Crippen molar-refractivity contribution in [2.75, 3.05) is 11.4 Å². The fourth-order valence-electron chi connectivity index (χ4n) is 2.54. The molecule has 1 aliphatic heterocycles. The van der Waals surface area contributed by atoms with Crippen molar-refractivity contribution in [2.24, 2.45) is 5.92 Å². The van der Waals surface area contributed by atoms with Crippen molar-refractivity contribution in [1.29, 1.82) is 0 Å². The lowest BCUT2D eigenvalue weighted by Crippen LogP contribution is -2.42. The second-order valence-corrected chi connectivity index (χ2v) is 5.53. The predicted molar refractivity (Wildman–Crippen MR) is 74.2 cm³/mol. The van der Waals surface area contributed by atoms with E-state index >= 15 is 0 Å². The molecular formula is C14H19BrFN. The van der Waals surface area contributed by atoms with Gasteiger partial charge in [0.1, 0.15) is 5.82 Å². The highest BCUT2D eigenvalue weighted by Crippen LogP contribution is 2.30. The van der Waals surface area contributed by atoms with Gasteiger partial charge in [-0.25, -0.2) is 4.39 Å². The molecule has 0 aliphatic carbocycles. The lowest BCUT2D eigenvalue weighted by Gasteiger charge is -2.39. The van der Waals surface area contributed by atoms with Crippen LogP contribution in [0.25, 0.3) is 0 Å². The van der Waals surface area contributed by atoms with Gasteiger partial charge in [0.15, 0.2) is 0 Å². The Morgan fingerprint density at radius 1 is 1.41 bits per heavy atom. The molecule has 2 unspecified atom stereocenters. The molecule has 0 N–H and O–H groups in total. The summed E-state index contributed by atoms with van der Waals surface area (Å²) in [6, 6.07) is 5.98. The van der Waals surface area contributed by atoms with Gasteiger partial charge in [-0.1, -0.05) is 28.9 Å². The number of alkyl halides is 1. The second kappa shape index (κ2) is 5.38. The van der Waals surface area contributed by atoms with Gasteiger partial charge in [-0.3, -0.25) is 0 Å². The average molecular weight is 300 g/mol. The Balaban J connectivity index is 2.27. The summed E-state index contributed by atoms with van der Waals surface area (Å²) in [5, 5.41) is 0.705. The summed E-state index contributed by atoms with van der Waals surface area (Å²) >= 11 is 3.35. The molecule has 1 saturated heterocycles. The number of hydrogen-bond acceptors (Lipinski definition) is 1. The fraction of sp³-hybridized carbons (Fsp3) is 0.571. The SMILES string of the molecule is CC1CCCN(c2ccc(CBr)cc2F)C1C. The molecule has 1 nitrogen and oxygen atoms in total. The largest absolute Gasteiger partial charge is 0.366 e. The molecule has 0 aromatic heterocycles. The molecule has 1 fully saturated rings. The van der Waals surface area contributed by atoms with Crippen molar-refractivity contribution in [2.45, 2.75) is 38.1 Å². The van der Waals surface area contributed by atoms with E-state index in [1.807, 2.05) is 12.1 Å². The fourth-order valence-corrected chi connectivity index (χ4v) is 2.89. The summed E-state index contributed by atoms with van der Waals surface area (Å²) < 4.78 is 14.1. The van der Waals surface area contributed by atoms with Gasteiger partial charge in [-0.2, -0.15) is 0 Å². The first kappa shape index (κ1) is 12.9. The van der Waals surface area contributed by atoms with Crippen LogP contribution in [-0.4, -0.2) is 12.6 Å². The summed E-state index contributed by atoms with van der Waals surface area (Å²) in [5.41, 5.74) is 1.75. The van der Waals surface area contributed by atoms with E-state index in [2.05, 4.69) is 34.7 Å². The highest BCUT2D eigenvalue weighted by atomic mass is 79.9. The van der Waals surface area contributed by atoms with Crippen molar-refractivity contribution in [3.8, 4) is 0 Å². The van der Waals surface area contributed by atoms with Crippen LogP contribution < -0.4 is 4.90 Å². The zero-order valence-electron chi connectivity index (χ0n) is 10.4. The van der Waals surface area contributed by atoms with E-state index in [0.29, 0.717) is 17.3 Å². The minimum Gasteiger partial charge on any atom is -0.366 e. The van der Waals surface area contributed by atoms with E-state index < -0.39 is 0 Å². The van der Waals surface area contributed by atoms with Crippen molar-refractivity contribution in [3.63, 3.8) is 0 Å². The first-order chi connectivity index (χ1) is 8.13. The number of hydrogen-bond donors (Lipinski definition) is 0. The maximum atomic E-state index is 14.1. The average Bonchev–Trinajstić information content (AvgIpc) is 2.33. The molecule has 1 aliphatic rings. The van der Waals surface area contributed by atoms with Crippen molar-refractivity contribution in [3.05, 3.63) is 29.6 Å². The van der Waals surface area contributed by atoms with Crippen LogP contribution in [0.15, 0.2) is 18.2 Å². The van der Waals surface area contributed by atoms with Crippen LogP contribution in [-0.2, 0) is 5.33 Å². The Kier molecular flexibility index (Phi) is 4.08. The van der Waals surface area contributed by atoms with Gasteiger partial charge in [-0.15, -0.1) is 0 Å². The molecule has 0 radical (unpaired) electrons. The molecule has 2 atom stereocenters. The molecule has 1 heterocycles. The normalized spacial score (nSPS) is 25.1. The van der Waals surface area contributed by atoms with Gasteiger partial charge < -0.3 is 4.90 Å². The second-order valence-electron chi connectivity index (χ2n) is 4.97. The lowest BCUT2D eigenvalue weighted by molar-refractivity contribution is 0.360. The summed E-state index contributed by atoms with van der Waals surface area (Å²) in [7, 11) is 0. The number of anilines is 1. The summed E-state index contributed by atoms with van der Waals surface area (Å²) in [4.78, 5) is 2.21. The maximum Gasteiger partial charge on any atom is 0.146 e. The Morgan fingerprint density at radius 2 is 2.18 bits per heavy atom. The van der Waals surface area contributed by atoms with Crippen LogP contribution in [0.5, 0.6) is 0 Å². The minimum atomic E-state index is -0.0945. The van der Waals surface area contributed by atoms with Gasteiger partial charge in [0.2, 0.25) is 0 Å². The van der Waals surface area contributed by atoms with Crippen LogP contribution in [0.4, 0.5) is 10.1 Å². The van der Waals surface area contributed by atoms with Gasteiger partial charge >= 0.3 is 0 Å². The van der Waals surface area contributed by atoms with Gasteiger partial charge in [0, 0.05) is 17.9 Å². The molecule has 0 bridgehead atoms. The zero-order valence-corrected chi connectivity index (χ0v) is 12.0. The standard InChI is InChI=1S/C14H19BrFN/c1-10-4-3-7-17(11(10)2)14-6-5-12(9-15)8-13(14)16/h5-6,8,10-11H,3-4,7,9H2,1-2H3. The third kappa shape index (κ3) is 2.65. The number of nitrogens with zero attached hydrogens (tertiary/aromatic N) is 1. The third-order valence-electron chi connectivity index (χ3n) is 3.85. The van der Waals surface area contributed by atoms with Crippen LogP contribution in [0.2, 0.25) is 0 Å². The topological polar surface area (TPSA) is 3.24 Å². The summed E-state index contributed by atoms with van der Waals surface area (Å²) in [6.45, 7) is 5.42. The number of halogens is 2. The third-order valence-corrected chi connectivity index (χ3v) is 4.50. The zero-order chi connectivity index (χ0) is 12.4. The van der Waals surface area contributed by atoms with Crippen LogP contribution in [0.3, 0.4) is 0 Å². The smallest absolute Gasteiger partial charge is 0.146 e. The molecule has 0 spiro atoms. The molecule has 2 rings (SSSR count). The minimum absolute atomic E-state index is 0.0945. The maximum absolute atomic E-state index is 14.1. The molecular weight excluding hydrogens is 281 g/mol. The molecule has 0 saturated carbocycles. The van der Waals surface area contributed by atoms with E-state index in [4.69, 9.17) is 0 Å². The van der Waals surface area contributed by atoms with Gasteiger partial charge in [0.25, 0.3) is 0 Å². The van der Waals surface area contributed by atoms with Gasteiger partial charge in [0.05, 0.1) is 5.69 Å². The molecule has 1 aromatic carbocycles. The predicted octanol–water partition coefficient (Wildman–Crippen LogP) is 4.35. The van der Waals surface area contributed by atoms with E-state index in [9.17, 15) is 4.39 Å². The van der Waals surface area contributed by atoms with E-state index in [0.717, 1.165) is 24.2 Å². The monoisotopic (exact) mass is 299 g/mol. The van der Waals surface area contributed by atoms with Crippen molar-refractivity contribution >= 4 is 21.6 Å². The Labute approximate surface area is 111 Å². The quantitative estimate of drug-likeness (QED) is 0.734. The first-order valence-corrected chi connectivity index (χ1v) is 7.36. The summed E-state index contributed by atoms with van der Waals surface area (Å²) in [6.07, 6.45) is 2.41. The number of benzene rings is 1. The highest BCUT2D eigenvalue weighted by molar-refractivity contribution is 9.08. The first-order valence-electron chi connectivity index (χ1n) is 6.24. The van der Waals surface area contributed by atoms with Crippen LogP contribution in [0, 0.1) is 11.7 Å². The molecule has 17 heavy (non-hydrogen) atoms. The van der Waals surface area contributed by atoms with E-state index in [1.54, 1.807) is 6.07 Å². The van der Waals surface area contributed by atoms with Crippen LogP contribution in [0.1, 0.15) is 32.3 Å². The summed E-state index contributed by atoms with van der Waals surface area (Å²) in [5.74, 6) is 0.543. The van der Waals surface area contributed by atoms with E-state index in [-0.39, 0.29) is 5.82 Å². The molecule has 1 aromatic rings. The number of piperidine rings is 1. The van der Waals surface area contributed by atoms with Gasteiger partial charge in [-0.05, 0) is 43.4 Å². The van der Waals surface area contributed by atoms with E-state index in [1.165, 1.54) is 6.42 Å². The number of rotatable bonds is 2. The van der Waals surface area contributed by atoms with Crippen molar-refractivity contribution < 1.29 is 4.39 Å². The molecule has 3 heteroatoms. The van der Waals surface area contributed by atoms with Crippen molar-refractivity contribution in [1.82, 2.24) is 0 Å². The Hall–Kier alpha value is -0.570. The lowest BCUT2D eigenvalue weighted by atomic mass is 9.91. The highest BCUT2D eigenvalue weighted by Gasteiger charge is 2.26. The molecule has 94 valence electrons. The Bertz CT molecular complexity index is 394.